The van der Waals surface area contributed by atoms with E-state index in [1.807, 2.05) is 38.2 Å². The molecule has 0 saturated heterocycles. The first-order chi connectivity index (χ1) is 12.9. The van der Waals surface area contributed by atoms with E-state index in [1.165, 1.54) is 27.8 Å². The number of aromatic nitrogens is 3. The van der Waals surface area contributed by atoms with Gasteiger partial charge in [-0.25, -0.2) is 0 Å². The molecule has 1 heterocycles. The molecule has 0 spiro atoms. The van der Waals surface area contributed by atoms with Crippen LogP contribution >= 0.6 is 23.5 Å². The van der Waals surface area contributed by atoms with Crippen LogP contribution in [-0.4, -0.2) is 25.9 Å². The summed E-state index contributed by atoms with van der Waals surface area (Å²) in [5, 5.41) is 11.2. The van der Waals surface area contributed by atoms with Gasteiger partial charge in [0.15, 0.2) is 5.16 Å². The van der Waals surface area contributed by atoms with Gasteiger partial charge in [-0.3, -0.25) is 4.79 Å². The first kappa shape index (κ1) is 19.5. The highest BCUT2D eigenvalue weighted by atomic mass is 32.2. The lowest BCUT2D eigenvalue weighted by Crippen LogP contribution is -2.22. The second-order valence-corrected chi connectivity index (χ2v) is 8.79. The van der Waals surface area contributed by atoms with Crippen LogP contribution in [0.1, 0.15) is 18.1 Å². The summed E-state index contributed by atoms with van der Waals surface area (Å²) in [5.41, 5.74) is 3.32. The topological polar surface area (TPSA) is 59.8 Å². The van der Waals surface area contributed by atoms with Gasteiger partial charge in [-0.05, 0) is 56.7 Å². The normalized spacial score (nSPS) is 12.0. The molecule has 3 rings (SSSR count). The number of anilines is 1. The van der Waals surface area contributed by atoms with Crippen molar-refractivity contribution in [3.8, 4) is 0 Å². The number of thioether (sulfide) groups is 1. The van der Waals surface area contributed by atoms with Crippen LogP contribution in [0.4, 0.5) is 5.69 Å². The molecule has 5 nitrogen and oxygen atoms in total. The van der Waals surface area contributed by atoms with Gasteiger partial charge in [0.2, 0.25) is 5.91 Å². The van der Waals surface area contributed by atoms with Gasteiger partial charge >= 0.3 is 0 Å². The number of nitrogens with zero attached hydrogens (tertiary/aromatic N) is 3. The molecule has 140 valence electrons. The van der Waals surface area contributed by atoms with Crippen LogP contribution in [-0.2, 0) is 11.8 Å². The number of carbonyl (C=O) groups is 1. The second kappa shape index (κ2) is 8.63. The monoisotopic (exact) mass is 398 g/mol. The SMILES string of the molecule is Cc1ccc(Sc2ccc(NC(=O)C(C)Sc3nncn3C)cc2)c(C)c1. The van der Waals surface area contributed by atoms with Crippen molar-refractivity contribution in [2.75, 3.05) is 5.32 Å². The molecule has 1 amide bonds. The minimum atomic E-state index is -0.267. The lowest BCUT2D eigenvalue weighted by atomic mass is 10.2. The van der Waals surface area contributed by atoms with E-state index in [-0.39, 0.29) is 11.2 Å². The minimum absolute atomic E-state index is 0.0576. The van der Waals surface area contributed by atoms with E-state index in [2.05, 4.69) is 47.6 Å². The Morgan fingerprint density at radius 3 is 2.52 bits per heavy atom. The van der Waals surface area contributed by atoms with Crippen molar-refractivity contribution in [2.45, 2.75) is 41.0 Å². The maximum atomic E-state index is 12.4. The van der Waals surface area contributed by atoms with Crippen LogP contribution in [0.3, 0.4) is 0 Å². The third-order valence-corrected chi connectivity index (χ3v) is 6.34. The van der Waals surface area contributed by atoms with E-state index in [1.54, 1.807) is 22.7 Å². The first-order valence-corrected chi connectivity index (χ1v) is 10.3. The van der Waals surface area contributed by atoms with Crippen molar-refractivity contribution >= 4 is 35.1 Å². The fourth-order valence-electron chi connectivity index (χ4n) is 2.48. The zero-order valence-corrected chi connectivity index (χ0v) is 17.4. The van der Waals surface area contributed by atoms with Gasteiger partial charge in [-0.15, -0.1) is 10.2 Å². The van der Waals surface area contributed by atoms with E-state index in [9.17, 15) is 4.79 Å². The van der Waals surface area contributed by atoms with E-state index in [4.69, 9.17) is 0 Å². The molecular formula is C20H22N4OS2. The number of amides is 1. The highest BCUT2D eigenvalue weighted by Gasteiger charge is 2.17. The van der Waals surface area contributed by atoms with Crippen LogP contribution < -0.4 is 5.32 Å². The Bertz CT molecular complexity index is 937. The molecule has 2 aromatic carbocycles. The highest BCUT2D eigenvalue weighted by molar-refractivity contribution is 8.00. The van der Waals surface area contributed by atoms with Crippen molar-refractivity contribution in [1.29, 1.82) is 0 Å². The smallest absolute Gasteiger partial charge is 0.237 e. The van der Waals surface area contributed by atoms with Gasteiger partial charge in [-0.1, -0.05) is 41.2 Å². The molecular weight excluding hydrogens is 376 g/mol. The number of hydrogen-bond donors (Lipinski definition) is 1. The number of benzene rings is 2. The van der Waals surface area contributed by atoms with Gasteiger partial charge < -0.3 is 9.88 Å². The van der Waals surface area contributed by atoms with Gasteiger partial charge in [0, 0.05) is 22.5 Å². The van der Waals surface area contributed by atoms with Crippen LogP contribution in [0.15, 0.2) is 63.7 Å². The Morgan fingerprint density at radius 2 is 1.89 bits per heavy atom. The molecule has 27 heavy (non-hydrogen) atoms. The number of rotatable bonds is 6. The van der Waals surface area contributed by atoms with Crippen molar-refractivity contribution in [3.05, 3.63) is 59.9 Å². The minimum Gasteiger partial charge on any atom is -0.325 e. The van der Waals surface area contributed by atoms with Crippen LogP contribution in [0.2, 0.25) is 0 Å². The summed E-state index contributed by atoms with van der Waals surface area (Å²) in [6.07, 6.45) is 1.62. The zero-order valence-electron chi connectivity index (χ0n) is 15.8. The number of aryl methyl sites for hydroxylation is 3. The number of nitrogens with one attached hydrogen (secondary N) is 1. The van der Waals surface area contributed by atoms with Crippen molar-refractivity contribution in [1.82, 2.24) is 14.8 Å². The molecule has 0 radical (unpaired) electrons. The molecule has 0 aliphatic carbocycles. The predicted molar refractivity (Wildman–Crippen MR) is 111 cm³/mol. The summed E-state index contributed by atoms with van der Waals surface area (Å²) < 4.78 is 1.80. The summed E-state index contributed by atoms with van der Waals surface area (Å²) in [7, 11) is 1.86. The quantitative estimate of drug-likeness (QED) is 0.610. The van der Waals surface area contributed by atoms with E-state index < -0.39 is 0 Å². The second-order valence-electron chi connectivity index (χ2n) is 6.37. The fourth-order valence-corrected chi connectivity index (χ4v) is 4.15. The molecule has 1 unspecified atom stereocenters. The lowest BCUT2D eigenvalue weighted by Gasteiger charge is -2.12. The summed E-state index contributed by atoms with van der Waals surface area (Å²) in [6, 6.07) is 14.4. The molecule has 0 aliphatic heterocycles. The Balaban J connectivity index is 1.60. The van der Waals surface area contributed by atoms with Crippen molar-refractivity contribution in [2.24, 2.45) is 7.05 Å². The Labute approximate surface area is 168 Å². The standard InChI is InChI=1S/C20H22N4OS2/c1-13-5-10-18(14(2)11-13)27-17-8-6-16(7-9-17)22-19(25)15(3)26-20-23-21-12-24(20)4/h5-12,15H,1-4H3,(H,22,25). The molecule has 0 saturated carbocycles. The third-order valence-electron chi connectivity index (χ3n) is 4.00. The first-order valence-electron chi connectivity index (χ1n) is 8.59. The molecule has 0 aliphatic rings. The molecule has 1 atom stereocenters. The highest BCUT2D eigenvalue weighted by Crippen LogP contribution is 2.31. The summed E-state index contributed by atoms with van der Waals surface area (Å²) in [4.78, 5) is 14.8. The third kappa shape index (κ3) is 5.14. The van der Waals surface area contributed by atoms with Crippen LogP contribution in [0, 0.1) is 13.8 Å². The maximum absolute atomic E-state index is 12.4. The molecule has 1 aromatic heterocycles. The summed E-state index contributed by atoms with van der Waals surface area (Å²) >= 11 is 3.11. The fraction of sp³-hybridized carbons (Fsp3) is 0.250. The molecule has 1 N–H and O–H groups in total. The maximum Gasteiger partial charge on any atom is 0.237 e. The van der Waals surface area contributed by atoms with Gasteiger partial charge in [0.05, 0.1) is 5.25 Å². The van der Waals surface area contributed by atoms with Crippen LogP contribution in [0.5, 0.6) is 0 Å². The summed E-state index contributed by atoms with van der Waals surface area (Å²) in [5.74, 6) is -0.0576. The van der Waals surface area contributed by atoms with Crippen molar-refractivity contribution < 1.29 is 4.79 Å². The lowest BCUT2D eigenvalue weighted by molar-refractivity contribution is -0.115. The molecule has 0 bridgehead atoms. The average Bonchev–Trinajstić information content (AvgIpc) is 3.03. The van der Waals surface area contributed by atoms with E-state index in [0.717, 1.165) is 15.7 Å². The Morgan fingerprint density at radius 1 is 1.15 bits per heavy atom. The largest absolute Gasteiger partial charge is 0.325 e. The van der Waals surface area contributed by atoms with Gasteiger partial charge in [0.25, 0.3) is 0 Å². The van der Waals surface area contributed by atoms with E-state index >= 15 is 0 Å². The van der Waals surface area contributed by atoms with Crippen LogP contribution in [0.25, 0.3) is 0 Å². The number of carbonyl (C=O) groups excluding carboxylic acids is 1. The molecule has 3 aromatic rings. The summed E-state index contributed by atoms with van der Waals surface area (Å²) in [6.45, 7) is 6.09. The molecule has 0 fully saturated rings. The Kier molecular flexibility index (Phi) is 6.23. The van der Waals surface area contributed by atoms with E-state index in [0.29, 0.717) is 0 Å². The van der Waals surface area contributed by atoms with Gasteiger partial charge in [-0.2, -0.15) is 0 Å². The van der Waals surface area contributed by atoms with Gasteiger partial charge in [0.1, 0.15) is 6.33 Å². The zero-order chi connectivity index (χ0) is 19.4. The predicted octanol–water partition coefficient (Wildman–Crippen LogP) is 4.70. The number of hydrogen-bond acceptors (Lipinski definition) is 5. The average molecular weight is 399 g/mol. The molecule has 7 heteroatoms. The Hall–Kier alpha value is -2.25. The van der Waals surface area contributed by atoms with Crippen molar-refractivity contribution in [3.63, 3.8) is 0 Å².